The maximum atomic E-state index is 12.6. The molecule has 33 heavy (non-hydrogen) atoms. The summed E-state index contributed by atoms with van der Waals surface area (Å²) in [7, 11) is 0. The average Bonchev–Trinajstić information content (AvgIpc) is 3.43. The molecule has 1 aromatic carbocycles. The van der Waals surface area contributed by atoms with Gasteiger partial charge in [0.05, 0.1) is 35.4 Å². The third kappa shape index (κ3) is 4.83. The van der Waals surface area contributed by atoms with Crippen molar-refractivity contribution >= 4 is 34.5 Å². The van der Waals surface area contributed by atoms with Crippen LogP contribution in [0.2, 0.25) is 0 Å². The summed E-state index contributed by atoms with van der Waals surface area (Å²) in [6.45, 7) is 4.62. The number of benzene rings is 1. The Hall–Kier alpha value is -3.46. The number of anilines is 2. The minimum Gasteiger partial charge on any atom is -0.489 e. The van der Waals surface area contributed by atoms with Crippen LogP contribution in [-0.2, 0) is 4.79 Å². The zero-order chi connectivity index (χ0) is 22.8. The molecule has 2 fully saturated rings. The van der Waals surface area contributed by atoms with Crippen LogP contribution in [0.3, 0.4) is 0 Å². The predicted molar refractivity (Wildman–Crippen MR) is 127 cm³/mol. The number of thiophene rings is 1. The van der Waals surface area contributed by atoms with Crippen molar-refractivity contribution in [3.63, 3.8) is 0 Å². The Bertz CT molecular complexity index is 1130. The number of carbonyl (C=O) groups excluding carboxylic acids is 2. The Morgan fingerprint density at radius 3 is 2.58 bits per heavy atom. The first-order valence-corrected chi connectivity index (χ1v) is 11.8. The summed E-state index contributed by atoms with van der Waals surface area (Å²) in [5.74, 6) is 0.769. The average molecular weight is 464 g/mol. The van der Waals surface area contributed by atoms with E-state index in [2.05, 4.69) is 20.4 Å². The fraction of sp³-hybridized carbons (Fsp3) is 0.333. The molecule has 2 saturated heterocycles. The van der Waals surface area contributed by atoms with Gasteiger partial charge in [-0.15, -0.1) is 11.3 Å². The molecule has 0 radical (unpaired) electrons. The van der Waals surface area contributed by atoms with Crippen LogP contribution < -0.4 is 15.0 Å². The summed E-state index contributed by atoms with van der Waals surface area (Å²) in [6, 6.07) is 13.2. The lowest BCUT2D eigenvalue weighted by atomic mass is 9.98. The smallest absolute Gasteiger partial charge is 0.264 e. The third-order valence-corrected chi connectivity index (χ3v) is 6.98. The number of ether oxygens (including phenoxy) is 1. The van der Waals surface area contributed by atoms with Crippen molar-refractivity contribution in [2.24, 2.45) is 5.92 Å². The van der Waals surface area contributed by atoms with E-state index in [-0.39, 0.29) is 23.8 Å². The van der Waals surface area contributed by atoms with E-state index < -0.39 is 0 Å². The molecule has 170 valence electrons. The molecule has 5 rings (SSSR count). The molecule has 3 aromatic rings. The van der Waals surface area contributed by atoms with Gasteiger partial charge in [-0.05, 0) is 49.4 Å². The van der Waals surface area contributed by atoms with Gasteiger partial charge in [-0.25, -0.2) is 0 Å². The van der Waals surface area contributed by atoms with Crippen LogP contribution in [0.25, 0.3) is 0 Å². The molecule has 0 aliphatic carbocycles. The number of amides is 2. The first-order valence-electron chi connectivity index (χ1n) is 11.0. The largest absolute Gasteiger partial charge is 0.489 e. The van der Waals surface area contributed by atoms with Crippen molar-refractivity contribution in [2.75, 3.05) is 36.4 Å². The number of rotatable bonds is 6. The Kier molecular flexibility index (Phi) is 5.95. The standard InChI is InChI=1S/C24H25N5O3S/c1-16-2-7-22(33-16)24(31)28-11-9-21(15-28)32-20-5-3-18(4-6-20)27-23(30)17-13-29(14-17)19-8-10-25-26-12-19/h2-8,10,12,17,21H,9,11,13-15H2,1H3,(H,27,30)/t21-/m1/s1. The number of hydrogen-bond donors (Lipinski definition) is 1. The van der Waals surface area contributed by atoms with E-state index in [0.717, 1.165) is 33.3 Å². The van der Waals surface area contributed by atoms with Crippen LogP contribution in [-0.4, -0.2) is 59.2 Å². The minimum absolute atomic E-state index is 0.00990. The number of likely N-dealkylation sites (tertiary alicyclic amines) is 1. The van der Waals surface area contributed by atoms with Gasteiger partial charge in [0.1, 0.15) is 11.9 Å². The van der Waals surface area contributed by atoms with E-state index in [0.29, 0.717) is 26.2 Å². The predicted octanol–water partition coefficient (Wildman–Crippen LogP) is 3.21. The van der Waals surface area contributed by atoms with Crippen LogP contribution in [0.15, 0.2) is 54.9 Å². The maximum absolute atomic E-state index is 12.6. The van der Waals surface area contributed by atoms with Gasteiger partial charge in [0.25, 0.3) is 5.91 Å². The summed E-state index contributed by atoms with van der Waals surface area (Å²) in [4.78, 5) is 31.0. The molecule has 1 atom stereocenters. The molecule has 8 nitrogen and oxygen atoms in total. The highest BCUT2D eigenvalue weighted by Gasteiger charge is 2.33. The van der Waals surface area contributed by atoms with Crippen molar-refractivity contribution in [3.8, 4) is 5.75 Å². The molecule has 2 aliphatic rings. The molecule has 0 spiro atoms. The van der Waals surface area contributed by atoms with Crippen LogP contribution in [0.1, 0.15) is 21.0 Å². The van der Waals surface area contributed by atoms with Gasteiger partial charge in [-0.3, -0.25) is 9.59 Å². The monoisotopic (exact) mass is 463 g/mol. The highest BCUT2D eigenvalue weighted by Crippen LogP contribution is 2.26. The molecule has 4 heterocycles. The van der Waals surface area contributed by atoms with E-state index in [1.807, 2.05) is 54.3 Å². The molecule has 0 saturated carbocycles. The molecule has 2 amide bonds. The van der Waals surface area contributed by atoms with Gasteiger partial charge in [-0.1, -0.05) is 0 Å². The molecule has 0 unspecified atom stereocenters. The molecular weight excluding hydrogens is 438 g/mol. The van der Waals surface area contributed by atoms with Crippen LogP contribution in [0.5, 0.6) is 5.75 Å². The van der Waals surface area contributed by atoms with E-state index in [1.165, 1.54) is 11.3 Å². The number of carbonyl (C=O) groups is 2. The fourth-order valence-corrected chi connectivity index (χ4v) is 4.93. The van der Waals surface area contributed by atoms with Crippen molar-refractivity contribution in [3.05, 3.63) is 64.6 Å². The van der Waals surface area contributed by atoms with Crippen molar-refractivity contribution in [1.29, 1.82) is 0 Å². The Balaban J connectivity index is 1.09. The number of nitrogens with zero attached hydrogens (tertiary/aromatic N) is 4. The Labute approximate surface area is 196 Å². The highest BCUT2D eigenvalue weighted by molar-refractivity contribution is 7.13. The first-order chi connectivity index (χ1) is 16.0. The number of hydrogen-bond acceptors (Lipinski definition) is 7. The van der Waals surface area contributed by atoms with E-state index in [9.17, 15) is 9.59 Å². The van der Waals surface area contributed by atoms with Crippen LogP contribution >= 0.6 is 11.3 Å². The van der Waals surface area contributed by atoms with Gasteiger partial charge in [0.15, 0.2) is 0 Å². The highest BCUT2D eigenvalue weighted by atomic mass is 32.1. The molecule has 2 aromatic heterocycles. The molecule has 1 N–H and O–H groups in total. The molecule has 9 heteroatoms. The molecule has 0 bridgehead atoms. The van der Waals surface area contributed by atoms with Crippen molar-refractivity contribution < 1.29 is 14.3 Å². The third-order valence-electron chi connectivity index (χ3n) is 5.99. The summed E-state index contributed by atoms with van der Waals surface area (Å²) >= 11 is 1.53. The SMILES string of the molecule is Cc1ccc(C(=O)N2CC[C@@H](Oc3ccc(NC(=O)C4CN(c5ccnnc5)C4)cc3)C2)s1. The normalized spacial score (nSPS) is 18.2. The van der Waals surface area contributed by atoms with Crippen LogP contribution in [0, 0.1) is 12.8 Å². The summed E-state index contributed by atoms with van der Waals surface area (Å²) in [6.07, 6.45) is 4.13. The summed E-state index contributed by atoms with van der Waals surface area (Å²) in [5.41, 5.74) is 1.72. The minimum atomic E-state index is -0.0526. The van der Waals surface area contributed by atoms with Gasteiger partial charge >= 0.3 is 0 Å². The second-order valence-electron chi connectivity index (χ2n) is 8.41. The zero-order valence-electron chi connectivity index (χ0n) is 18.3. The lowest BCUT2D eigenvalue weighted by Crippen LogP contribution is -2.52. The summed E-state index contributed by atoms with van der Waals surface area (Å²) in [5, 5.41) is 10.6. The van der Waals surface area contributed by atoms with E-state index in [4.69, 9.17) is 4.74 Å². The number of nitrogens with one attached hydrogen (secondary N) is 1. The Morgan fingerprint density at radius 1 is 1.06 bits per heavy atom. The topological polar surface area (TPSA) is 87.7 Å². The fourth-order valence-electron chi connectivity index (χ4n) is 4.09. The summed E-state index contributed by atoms with van der Waals surface area (Å²) < 4.78 is 6.08. The van der Waals surface area contributed by atoms with Gasteiger partial charge in [0.2, 0.25) is 5.91 Å². The molecular formula is C24H25N5O3S. The van der Waals surface area contributed by atoms with E-state index >= 15 is 0 Å². The lowest BCUT2D eigenvalue weighted by Gasteiger charge is -2.39. The Morgan fingerprint density at radius 2 is 1.88 bits per heavy atom. The van der Waals surface area contributed by atoms with Gasteiger partial charge in [-0.2, -0.15) is 10.2 Å². The molecule has 2 aliphatic heterocycles. The van der Waals surface area contributed by atoms with Crippen molar-refractivity contribution in [1.82, 2.24) is 15.1 Å². The number of aryl methyl sites for hydroxylation is 1. The van der Waals surface area contributed by atoms with E-state index in [1.54, 1.807) is 12.4 Å². The number of aromatic nitrogens is 2. The zero-order valence-corrected chi connectivity index (χ0v) is 19.1. The first kappa shape index (κ1) is 21.4. The van der Waals surface area contributed by atoms with Gasteiger partial charge < -0.3 is 19.9 Å². The van der Waals surface area contributed by atoms with Crippen molar-refractivity contribution in [2.45, 2.75) is 19.4 Å². The second kappa shape index (κ2) is 9.19. The quantitative estimate of drug-likeness (QED) is 0.604. The van der Waals surface area contributed by atoms with Crippen LogP contribution in [0.4, 0.5) is 11.4 Å². The lowest BCUT2D eigenvalue weighted by molar-refractivity contribution is -0.120. The second-order valence-corrected chi connectivity index (χ2v) is 9.69. The maximum Gasteiger partial charge on any atom is 0.264 e. The van der Waals surface area contributed by atoms with Gasteiger partial charge in [0, 0.05) is 36.6 Å².